The minimum Gasteiger partial charge on any atom is -0.507 e. The van der Waals surface area contributed by atoms with Crippen molar-refractivity contribution < 1.29 is 18.3 Å². The molecule has 0 aromatic heterocycles. The molecular weight excluding hydrogens is 518 g/mol. The third-order valence-electron chi connectivity index (χ3n) is 4.37. The Morgan fingerprint density at radius 3 is 2.38 bits per heavy atom. The van der Waals surface area contributed by atoms with Gasteiger partial charge in [0.1, 0.15) is 5.75 Å². The normalized spacial score (nSPS) is 11.7. The molecule has 0 aliphatic carbocycles. The number of halogens is 2. The Hall–Kier alpha value is -2.72. The molecule has 0 aliphatic heterocycles. The van der Waals surface area contributed by atoms with Crippen LogP contribution >= 0.6 is 27.5 Å². The Morgan fingerprint density at radius 2 is 1.72 bits per heavy atom. The molecule has 0 spiro atoms. The summed E-state index contributed by atoms with van der Waals surface area (Å²) in [4.78, 5) is 12.5. The first-order valence-electron chi connectivity index (χ1n) is 9.36. The Bertz CT molecular complexity index is 1220. The molecule has 1 amide bonds. The van der Waals surface area contributed by atoms with Crippen molar-refractivity contribution in [1.29, 1.82) is 0 Å². The van der Waals surface area contributed by atoms with Crippen LogP contribution in [0, 0.1) is 0 Å². The molecule has 3 aromatic rings. The van der Waals surface area contributed by atoms with Crippen LogP contribution in [0.5, 0.6) is 5.75 Å². The molecule has 2 N–H and O–H groups in total. The van der Waals surface area contributed by atoms with Gasteiger partial charge in [-0.15, -0.1) is 0 Å². The van der Waals surface area contributed by atoms with Crippen LogP contribution in [0.4, 0.5) is 0 Å². The second-order valence-corrected chi connectivity index (χ2v) is 10.00. The average Bonchev–Trinajstić information content (AvgIpc) is 2.76. The van der Waals surface area contributed by atoms with Crippen LogP contribution in [0.25, 0.3) is 0 Å². The molecule has 0 bridgehead atoms. The minimum absolute atomic E-state index is 0.00711. The van der Waals surface area contributed by atoms with Gasteiger partial charge in [-0.25, -0.2) is 13.8 Å². The number of nitrogens with zero attached hydrogens (tertiary/aromatic N) is 2. The van der Waals surface area contributed by atoms with Crippen LogP contribution in [0.15, 0.2) is 87.3 Å². The summed E-state index contributed by atoms with van der Waals surface area (Å²) in [5.74, 6) is -0.626. The Balaban J connectivity index is 1.80. The number of para-hydroxylation sites is 1. The number of hydrazone groups is 1. The first-order valence-corrected chi connectivity index (χ1v) is 12.0. The van der Waals surface area contributed by atoms with E-state index < -0.39 is 22.5 Å². The molecule has 7 nitrogen and oxygen atoms in total. The maximum Gasteiger partial charge on any atom is 0.255 e. The van der Waals surface area contributed by atoms with Gasteiger partial charge < -0.3 is 5.11 Å². The number of carbonyl (C=O) groups is 1. The van der Waals surface area contributed by atoms with Crippen LogP contribution in [-0.2, 0) is 21.4 Å². The summed E-state index contributed by atoms with van der Waals surface area (Å²) >= 11 is 9.20. The molecule has 0 aliphatic rings. The molecule has 3 aromatic carbocycles. The van der Waals surface area contributed by atoms with Crippen molar-refractivity contribution in [2.75, 3.05) is 6.54 Å². The molecular formula is C22H19BrClN3O4S. The molecule has 3 rings (SSSR count). The van der Waals surface area contributed by atoms with Crippen molar-refractivity contribution in [2.45, 2.75) is 11.4 Å². The van der Waals surface area contributed by atoms with E-state index >= 15 is 0 Å². The molecule has 0 fully saturated rings. The molecule has 0 unspecified atom stereocenters. The fraction of sp³-hybridized carbons (Fsp3) is 0.0909. The highest BCUT2D eigenvalue weighted by Crippen LogP contribution is 2.21. The van der Waals surface area contributed by atoms with Crippen LogP contribution in [0.1, 0.15) is 11.1 Å². The van der Waals surface area contributed by atoms with Gasteiger partial charge >= 0.3 is 0 Å². The van der Waals surface area contributed by atoms with Crippen molar-refractivity contribution in [3.63, 3.8) is 0 Å². The molecule has 32 heavy (non-hydrogen) atoms. The lowest BCUT2D eigenvalue weighted by Crippen LogP contribution is -2.39. The quantitative estimate of drug-likeness (QED) is 0.334. The van der Waals surface area contributed by atoms with E-state index in [1.54, 1.807) is 54.6 Å². The molecule has 166 valence electrons. The van der Waals surface area contributed by atoms with Gasteiger partial charge in [0.15, 0.2) is 0 Å². The van der Waals surface area contributed by atoms with Crippen molar-refractivity contribution >= 4 is 49.7 Å². The van der Waals surface area contributed by atoms with Gasteiger partial charge in [0.2, 0.25) is 10.0 Å². The standard InChI is InChI=1S/C22H19BrClN3O4S/c23-18-7-11-20(12-8-18)32(30,31)27(14-16-5-9-19(24)10-6-16)15-22(29)26-25-13-17-3-1-2-4-21(17)28/h1-13,28H,14-15H2,(H,26,29)/b25-13-. The van der Waals surface area contributed by atoms with E-state index in [9.17, 15) is 18.3 Å². The fourth-order valence-electron chi connectivity index (χ4n) is 2.74. The van der Waals surface area contributed by atoms with Gasteiger partial charge in [0.25, 0.3) is 5.91 Å². The van der Waals surface area contributed by atoms with Crippen LogP contribution < -0.4 is 5.43 Å². The summed E-state index contributed by atoms with van der Waals surface area (Å²) in [7, 11) is -3.98. The van der Waals surface area contributed by atoms with Crippen LogP contribution in [-0.4, -0.2) is 36.5 Å². The van der Waals surface area contributed by atoms with E-state index in [1.165, 1.54) is 24.4 Å². The third-order valence-corrected chi connectivity index (χ3v) is 6.96. The zero-order valence-corrected chi connectivity index (χ0v) is 19.8. The Morgan fingerprint density at radius 1 is 1.06 bits per heavy atom. The van der Waals surface area contributed by atoms with Gasteiger partial charge in [-0.1, -0.05) is 51.8 Å². The minimum atomic E-state index is -3.98. The number of hydrogen-bond donors (Lipinski definition) is 2. The number of aromatic hydroxyl groups is 1. The maximum absolute atomic E-state index is 13.2. The predicted octanol–water partition coefficient (Wildman–Crippen LogP) is 4.15. The number of carbonyl (C=O) groups excluding carboxylic acids is 1. The monoisotopic (exact) mass is 535 g/mol. The summed E-state index contributed by atoms with van der Waals surface area (Å²) < 4.78 is 28.2. The second-order valence-electron chi connectivity index (χ2n) is 6.71. The molecule has 0 radical (unpaired) electrons. The lowest BCUT2D eigenvalue weighted by Gasteiger charge is -2.21. The lowest BCUT2D eigenvalue weighted by molar-refractivity contribution is -0.121. The zero-order chi connectivity index (χ0) is 23.1. The number of hydrogen-bond acceptors (Lipinski definition) is 5. The topological polar surface area (TPSA) is 99.1 Å². The van der Waals surface area contributed by atoms with Gasteiger partial charge in [0, 0.05) is 21.6 Å². The summed E-state index contributed by atoms with van der Waals surface area (Å²) in [6.45, 7) is -0.495. The summed E-state index contributed by atoms with van der Waals surface area (Å²) in [5, 5.41) is 14.1. The Kier molecular flexibility index (Phi) is 8.03. The number of benzene rings is 3. The number of rotatable bonds is 8. The van der Waals surface area contributed by atoms with Crippen LogP contribution in [0.2, 0.25) is 5.02 Å². The average molecular weight is 537 g/mol. The van der Waals surface area contributed by atoms with Crippen molar-refractivity contribution in [3.05, 3.63) is 93.4 Å². The summed E-state index contributed by atoms with van der Waals surface area (Å²) in [6.07, 6.45) is 1.28. The molecule has 0 saturated heterocycles. The SMILES string of the molecule is O=C(CN(Cc1ccc(Cl)cc1)S(=O)(=O)c1ccc(Br)cc1)N/N=C\c1ccccc1O. The third kappa shape index (κ3) is 6.39. The van der Waals surface area contributed by atoms with E-state index in [0.717, 1.165) is 8.78 Å². The molecule has 0 heterocycles. The predicted molar refractivity (Wildman–Crippen MR) is 127 cm³/mol. The second kappa shape index (κ2) is 10.7. The van der Waals surface area contributed by atoms with E-state index in [-0.39, 0.29) is 17.2 Å². The summed E-state index contributed by atoms with van der Waals surface area (Å²) in [5.41, 5.74) is 3.38. The van der Waals surface area contributed by atoms with E-state index in [4.69, 9.17) is 11.6 Å². The Labute approximate surface area is 199 Å². The highest BCUT2D eigenvalue weighted by molar-refractivity contribution is 9.10. The lowest BCUT2D eigenvalue weighted by atomic mass is 10.2. The van der Waals surface area contributed by atoms with Crippen molar-refractivity contribution in [3.8, 4) is 5.75 Å². The molecule has 0 saturated carbocycles. The maximum atomic E-state index is 13.2. The number of amides is 1. The number of phenols is 1. The largest absolute Gasteiger partial charge is 0.507 e. The van der Waals surface area contributed by atoms with E-state index in [1.807, 2.05) is 0 Å². The van der Waals surface area contributed by atoms with Crippen molar-refractivity contribution in [2.24, 2.45) is 5.10 Å². The van der Waals surface area contributed by atoms with Crippen molar-refractivity contribution in [1.82, 2.24) is 9.73 Å². The first-order chi connectivity index (χ1) is 15.3. The van der Waals surface area contributed by atoms with Gasteiger partial charge in [-0.3, -0.25) is 4.79 Å². The van der Waals surface area contributed by atoms with Crippen LogP contribution in [0.3, 0.4) is 0 Å². The van der Waals surface area contributed by atoms with Gasteiger partial charge in [0.05, 0.1) is 17.7 Å². The molecule has 0 atom stereocenters. The number of nitrogens with one attached hydrogen (secondary N) is 1. The fourth-order valence-corrected chi connectivity index (χ4v) is 4.52. The number of phenolic OH excluding ortho intramolecular Hbond substituents is 1. The van der Waals surface area contributed by atoms with E-state index in [2.05, 4.69) is 26.5 Å². The number of sulfonamides is 1. The summed E-state index contributed by atoms with van der Waals surface area (Å²) in [6, 6.07) is 19.3. The molecule has 10 heteroatoms. The first kappa shape index (κ1) is 23.9. The van der Waals surface area contributed by atoms with Gasteiger partial charge in [-0.05, 0) is 54.1 Å². The van der Waals surface area contributed by atoms with E-state index in [0.29, 0.717) is 16.1 Å². The zero-order valence-electron chi connectivity index (χ0n) is 16.7. The van der Waals surface area contributed by atoms with Gasteiger partial charge in [-0.2, -0.15) is 9.41 Å². The highest BCUT2D eigenvalue weighted by atomic mass is 79.9. The smallest absolute Gasteiger partial charge is 0.255 e. The highest BCUT2D eigenvalue weighted by Gasteiger charge is 2.27.